The lowest BCUT2D eigenvalue weighted by atomic mass is 9.95. The van der Waals surface area contributed by atoms with Crippen LogP contribution in [-0.4, -0.2) is 6.04 Å². The second-order valence-corrected chi connectivity index (χ2v) is 5.08. The highest BCUT2D eigenvalue weighted by atomic mass is 14.9. The summed E-state index contributed by atoms with van der Waals surface area (Å²) in [7, 11) is 0. The molecule has 0 aromatic heterocycles. The molecule has 3 unspecified atom stereocenters. The van der Waals surface area contributed by atoms with E-state index in [1.807, 2.05) is 24.3 Å². The first-order valence-corrected chi connectivity index (χ1v) is 6.12. The van der Waals surface area contributed by atoms with Gasteiger partial charge in [0.05, 0.1) is 11.3 Å². The highest BCUT2D eigenvalue weighted by Crippen LogP contribution is 2.45. The first-order chi connectivity index (χ1) is 7.86. The largest absolute Gasteiger partial charge is 0.381 e. The van der Waals surface area contributed by atoms with Crippen LogP contribution in [0.15, 0.2) is 24.3 Å². The van der Waals surface area contributed by atoms with Crippen LogP contribution in [0, 0.1) is 23.2 Å². The van der Waals surface area contributed by atoms with Crippen molar-refractivity contribution in [2.45, 2.75) is 31.7 Å². The van der Waals surface area contributed by atoms with Crippen LogP contribution in [0.2, 0.25) is 0 Å². The Hall–Kier alpha value is -1.49. The summed E-state index contributed by atoms with van der Waals surface area (Å²) in [6.07, 6.45) is 5.48. The smallest absolute Gasteiger partial charge is 0.101 e. The Labute approximate surface area is 96.3 Å². The van der Waals surface area contributed by atoms with E-state index in [-0.39, 0.29) is 0 Å². The number of benzene rings is 1. The molecule has 0 aliphatic heterocycles. The minimum atomic E-state index is 0.605. The summed E-state index contributed by atoms with van der Waals surface area (Å²) in [6.45, 7) is 0. The van der Waals surface area contributed by atoms with Gasteiger partial charge < -0.3 is 5.32 Å². The van der Waals surface area contributed by atoms with Crippen LogP contribution in [0.3, 0.4) is 0 Å². The summed E-state index contributed by atoms with van der Waals surface area (Å²) in [5.41, 5.74) is 1.79. The molecule has 2 aliphatic rings. The van der Waals surface area contributed by atoms with Gasteiger partial charge in [-0.1, -0.05) is 18.6 Å². The lowest BCUT2D eigenvalue weighted by molar-refractivity contribution is 0.440. The zero-order valence-corrected chi connectivity index (χ0v) is 9.32. The van der Waals surface area contributed by atoms with Gasteiger partial charge in [-0.15, -0.1) is 0 Å². The third-order valence-electron chi connectivity index (χ3n) is 4.13. The van der Waals surface area contributed by atoms with Gasteiger partial charge in [-0.3, -0.25) is 0 Å². The molecule has 3 atom stereocenters. The molecule has 3 rings (SSSR count). The summed E-state index contributed by atoms with van der Waals surface area (Å²) < 4.78 is 0. The molecular weight excluding hydrogens is 196 g/mol. The fourth-order valence-electron chi connectivity index (χ4n) is 3.33. The molecule has 1 N–H and O–H groups in total. The number of para-hydroxylation sites is 1. The number of hydrogen-bond donors (Lipinski definition) is 1. The van der Waals surface area contributed by atoms with E-state index in [9.17, 15) is 0 Å². The Morgan fingerprint density at radius 1 is 1.19 bits per heavy atom. The minimum Gasteiger partial charge on any atom is -0.381 e. The summed E-state index contributed by atoms with van der Waals surface area (Å²) in [5, 5.41) is 12.6. The summed E-state index contributed by atoms with van der Waals surface area (Å²) in [6, 6.07) is 10.7. The fraction of sp³-hybridized carbons (Fsp3) is 0.500. The Morgan fingerprint density at radius 2 is 2.06 bits per heavy atom. The van der Waals surface area contributed by atoms with Gasteiger partial charge in [-0.05, 0) is 43.2 Å². The number of nitrogens with one attached hydrogen (secondary N) is 1. The number of rotatable bonds is 2. The maximum absolute atomic E-state index is 9.03. The molecular formula is C14H16N2. The fourth-order valence-corrected chi connectivity index (χ4v) is 3.33. The number of fused-ring (bicyclic) bond motifs is 2. The maximum atomic E-state index is 9.03. The van der Waals surface area contributed by atoms with E-state index >= 15 is 0 Å². The quantitative estimate of drug-likeness (QED) is 0.817. The molecule has 2 aliphatic carbocycles. The van der Waals surface area contributed by atoms with Gasteiger partial charge in [0.1, 0.15) is 6.07 Å². The van der Waals surface area contributed by atoms with Gasteiger partial charge in [-0.25, -0.2) is 0 Å². The molecule has 0 radical (unpaired) electrons. The molecule has 2 bridgehead atoms. The van der Waals surface area contributed by atoms with Crippen molar-refractivity contribution in [2.75, 3.05) is 5.32 Å². The Kier molecular flexibility index (Phi) is 2.32. The molecule has 1 aromatic carbocycles. The van der Waals surface area contributed by atoms with E-state index in [2.05, 4.69) is 11.4 Å². The van der Waals surface area contributed by atoms with E-state index in [1.54, 1.807) is 0 Å². The van der Waals surface area contributed by atoms with Gasteiger partial charge >= 0.3 is 0 Å². The SMILES string of the molecule is N#Cc1ccccc1NC1CC2CCC1C2. The first kappa shape index (κ1) is 9.72. The number of nitrogens with zero attached hydrogens (tertiary/aromatic N) is 1. The molecule has 0 saturated heterocycles. The third-order valence-corrected chi connectivity index (χ3v) is 4.13. The van der Waals surface area contributed by atoms with Gasteiger partial charge in [0, 0.05) is 6.04 Å². The van der Waals surface area contributed by atoms with Crippen molar-refractivity contribution >= 4 is 5.69 Å². The van der Waals surface area contributed by atoms with Gasteiger partial charge in [0.15, 0.2) is 0 Å². The van der Waals surface area contributed by atoms with Crippen LogP contribution < -0.4 is 5.32 Å². The van der Waals surface area contributed by atoms with E-state index in [4.69, 9.17) is 5.26 Å². The van der Waals surface area contributed by atoms with Gasteiger partial charge in [0.25, 0.3) is 0 Å². The zero-order chi connectivity index (χ0) is 11.0. The average molecular weight is 212 g/mol. The third kappa shape index (κ3) is 1.57. The van der Waals surface area contributed by atoms with E-state index in [1.165, 1.54) is 25.7 Å². The zero-order valence-electron chi connectivity index (χ0n) is 9.32. The topological polar surface area (TPSA) is 35.8 Å². The van der Waals surface area contributed by atoms with Crippen molar-refractivity contribution in [3.05, 3.63) is 29.8 Å². The number of hydrogen-bond acceptors (Lipinski definition) is 2. The molecule has 0 heterocycles. The highest BCUT2D eigenvalue weighted by molar-refractivity contribution is 5.57. The van der Waals surface area contributed by atoms with Crippen LogP contribution in [0.4, 0.5) is 5.69 Å². The van der Waals surface area contributed by atoms with Crippen LogP contribution in [-0.2, 0) is 0 Å². The Bertz CT molecular complexity index is 433. The van der Waals surface area contributed by atoms with Crippen LogP contribution >= 0.6 is 0 Å². The molecule has 2 heteroatoms. The van der Waals surface area contributed by atoms with Crippen LogP contribution in [0.5, 0.6) is 0 Å². The summed E-state index contributed by atoms with van der Waals surface area (Å²) in [5.74, 6) is 1.79. The Balaban J connectivity index is 1.77. The number of anilines is 1. The van der Waals surface area contributed by atoms with Gasteiger partial charge in [0.2, 0.25) is 0 Å². The molecule has 16 heavy (non-hydrogen) atoms. The van der Waals surface area contributed by atoms with Crippen molar-refractivity contribution in [2.24, 2.45) is 11.8 Å². The van der Waals surface area contributed by atoms with Crippen molar-refractivity contribution in [3.8, 4) is 6.07 Å². The molecule has 0 spiro atoms. The molecule has 2 nitrogen and oxygen atoms in total. The van der Waals surface area contributed by atoms with E-state index < -0.39 is 0 Å². The maximum Gasteiger partial charge on any atom is 0.101 e. The summed E-state index contributed by atoms with van der Waals surface area (Å²) in [4.78, 5) is 0. The van der Waals surface area contributed by atoms with Gasteiger partial charge in [-0.2, -0.15) is 5.26 Å². The lowest BCUT2D eigenvalue weighted by Crippen LogP contribution is -2.26. The predicted octanol–water partition coefficient (Wildman–Crippen LogP) is 3.16. The second kappa shape index (κ2) is 3.83. The molecule has 1 aromatic rings. The molecule has 0 amide bonds. The second-order valence-electron chi connectivity index (χ2n) is 5.08. The standard InChI is InChI=1S/C14H16N2/c15-9-12-3-1-2-4-13(12)16-14-8-10-5-6-11(14)7-10/h1-4,10-11,14,16H,5-8H2. The monoisotopic (exact) mass is 212 g/mol. The first-order valence-electron chi connectivity index (χ1n) is 6.12. The molecule has 2 saturated carbocycles. The molecule has 2 fully saturated rings. The molecule has 82 valence electrons. The van der Waals surface area contributed by atoms with Crippen LogP contribution in [0.25, 0.3) is 0 Å². The van der Waals surface area contributed by atoms with Crippen molar-refractivity contribution in [3.63, 3.8) is 0 Å². The summed E-state index contributed by atoms with van der Waals surface area (Å²) >= 11 is 0. The minimum absolute atomic E-state index is 0.605. The van der Waals surface area contributed by atoms with Crippen molar-refractivity contribution in [1.29, 1.82) is 5.26 Å². The predicted molar refractivity (Wildman–Crippen MR) is 64.0 cm³/mol. The van der Waals surface area contributed by atoms with Crippen molar-refractivity contribution in [1.82, 2.24) is 0 Å². The lowest BCUT2D eigenvalue weighted by Gasteiger charge is -2.24. The van der Waals surface area contributed by atoms with Crippen molar-refractivity contribution < 1.29 is 0 Å². The average Bonchev–Trinajstić information content (AvgIpc) is 2.92. The highest BCUT2D eigenvalue weighted by Gasteiger charge is 2.39. The van der Waals surface area contributed by atoms with E-state index in [0.29, 0.717) is 6.04 Å². The number of nitriles is 1. The Morgan fingerprint density at radius 3 is 2.75 bits per heavy atom. The van der Waals surface area contributed by atoms with E-state index in [0.717, 1.165) is 23.1 Å². The van der Waals surface area contributed by atoms with Crippen LogP contribution in [0.1, 0.15) is 31.2 Å². The normalized spacial score (nSPS) is 31.3.